The minimum Gasteiger partial charge on any atom is -0.454 e. The monoisotopic (exact) mass is 430 g/mol. The molecule has 0 fully saturated rings. The molecule has 4 rings (SSSR count). The van der Waals surface area contributed by atoms with Crippen molar-refractivity contribution >= 4 is 21.6 Å². The van der Waals surface area contributed by atoms with Gasteiger partial charge >= 0.3 is 0 Å². The van der Waals surface area contributed by atoms with Crippen molar-refractivity contribution in [2.24, 2.45) is 0 Å². The molecule has 1 atom stereocenters. The number of fused-ring (bicyclic) bond motifs is 2. The molecule has 2 aromatic rings. The van der Waals surface area contributed by atoms with Gasteiger partial charge in [0.15, 0.2) is 11.5 Å². The van der Waals surface area contributed by atoms with Crippen LogP contribution in [-0.2, 0) is 21.2 Å². The van der Waals surface area contributed by atoms with Crippen LogP contribution in [0.25, 0.3) is 0 Å². The predicted octanol–water partition coefficient (Wildman–Crippen LogP) is 3.16. The number of sulfonamides is 1. The van der Waals surface area contributed by atoms with Gasteiger partial charge in [0.05, 0.1) is 18.0 Å². The van der Waals surface area contributed by atoms with Gasteiger partial charge in [-0.05, 0) is 48.9 Å². The molecule has 0 saturated heterocycles. The van der Waals surface area contributed by atoms with Crippen LogP contribution in [0.2, 0.25) is 0 Å². The maximum atomic E-state index is 12.5. The number of nitrogens with zero attached hydrogens (tertiary/aromatic N) is 1. The molecule has 0 radical (unpaired) electrons. The van der Waals surface area contributed by atoms with E-state index in [0.717, 1.165) is 25.5 Å². The highest BCUT2D eigenvalue weighted by Gasteiger charge is 2.23. The van der Waals surface area contributed by atoms with Gasteiger partial charge in [0, 0.05) is 19.0 Å². The van der Waals surface area contributed by atoms with Gasteiger partial charge in [-0.15, -0.1) is 0 Å². The fraction of sp³-hybridized carbons (Fsp3) is 0.409. The lowest BCUT2D eigenvalue weighted by Gasteiger charge is -2.26. The average Bonchev–Trinajstić information content (AvgIpc) is 3.18. The van der Waals surface area contributed by atoms with Gasteiger partial charge in [-0.1, -0.05) is 24.3 Å². The molecule has 1 amide bonds. The fourth-order valence-corrected chi connectivity index (χ4v) is 5.04. The van der Waals surface area contributed by atoms with Crippen molar-refractivity contribution in [3.05, 3.63) is 53.6 Å². The molecule has 30 heavy (non-hydrogen) atoms. The average molecular weight is 431 g/mol. The lowest BCUT2D eigenvalue weighted by molar-refractivity contribution is -0.122. The molecule has 0 spiro atoms. The Hall–Kier alpha value is -2.74. The van der Waals surface area contributed by atoms with E-state index in [4.69, 9.17) is 9.47 Å². The lowest BCUT2D eigenvalue weighted by Crippen LogP contribution is -2.33. The van der Waals surface area contributed by atoms with Crippen LogP contribution in [0.15, 0.2) is 42.5 Å². The lowest BCUT2D eigenvalue weighted by atomic mass is 9.87. The van der Waals surface area contributed by atoms with E-state index in [0.29, 0.717) is 23.6 Å². The van der Waals surface area contributed by atoms with E-state index < -0.39 is 10.0 Å². The van der Waals surface area contributed by atoms with Crippen LogP contribution in [0.5, 0.6) is 11.5 Å². The zero-order chi connectivity index (χ0) is 21.1. The van der Waals surface area contributed by atoms with E-state index in [1.54, 1.807) is 18.2 Å². The van der Waals surface area contributed by atoms with Crippen LogP contribution < -0.4 is 19.1 Å². The summed E-state index contributed by atoms with van der Waals surface area (Å²) in [4.78, 5) is 12.5. The Bertz CT molecular complexity index is 1040. The van der Waals surface area contributed by atoms with E-state index in [9.17, 15) is 13.2 Å². The van der Waals surface area contributed by atoms with Crippen molar-refractivity contribution in [2.45, 2.75) is 38.1 Å². The number of aryl methyl sites for hydroxylation is 1. The molecule has 1 N–H and O–H groups in total. The van der Waals surface area contributed by atoms with Gasteiger partial charge in [0.1, 0.15) is 0 Å². The van der Waals surface area contributed by atoms with Crippen LogP contribution in [-0.4, -0.2) is 33.9 Å². The topological polar surface area (TPSA) is 84.9 Å². The van der Waals surface area contributed by atoms with Crippen LogP contribution in [0.4, 0.5) is 5.69 Å². The number of amides is 1. The second kappa shape index (κ2) is 8.55. The first-order valence-corrected chi connectivity index (χ1v) is 12.0. The number of ether oxygens (including phenoxy) is 2. The minimum atomic E-state index is -3.50. The quantitative estimate of drug-likeness (QED) is 0.729. The third kappa shape index (κ3) is 4.53. The Morgan fingerprint density at radius 2 is 1.97 bits per heavy atom. The Kier molecular flexibility index (Phi) is 5.85. The summed E-state index contributed by atoms with van der Waals surface area (Å²) in [5.74, 6) is 1.06. The summed E-state index contributed by atoms with van der Waals surface area (Å²) in [5, 5.41) is 3.12. The predicted molar refractivity (Wildman–Crippen MR) is 114 cm³/mol. The largest absolute Gasteiger partial charge is 0.454 e. The van der Waals surface area contributed by atoms with E-state index in [1.807, 2.05) is 12.1 Å². The highest BCUT2D eigenvalue weighted by molar-refractivity contribution is 7.92. The molecule has 1 aliphatic heterocycles. The number of carbonyl (C=O) groups excluding carboxylic acids is 1. The molecule has 7 nitrogen and oxygen atoms in total. The SMILES string of the molecule is CS(=O)(=O)N(CCCC(=O)N[C@@H]1CCCc2ccccc21)c1ccc2c(c1)OCO2. The molecular weight excluding hydrogens is 404 g/mol. The standard InChI is InChI=1S/C22H26N2O5S/c1-30(26,27)24(17-11-12-20-21(14-17)29-15-28-20)13-5-10-22(25)23-19-9-4-7-16-6-2-3-8-18(16)19/h2-3,6,8,11-12,14,19H,4-5,7,9-10,13,15H2,1H3,(H,23,25)/t19-/m1/s1. The van der Waals surface area contributed by atoms with Crippen molar-refractivity contribution < 1.29 is 22.7 Å². The van der Waals surface area contributed by atoms with Crippen molar-refractivity contribution in [3.63, 3.8) is 0 Å². The number of hydrogen-bond acceptors (Lipinski definition) is 5. The molecule has 2 aromatic carbocycles. The maximum Gasteiger partial charge on any atom is 0.232 e. The van der Waals surface area contributed by atoms with Gasteiger partial charge < -0.3 is 14.8 Å². The van der Waals surface area contributed by atoms with E-state index in [-0.39, 0.29) is 31.7 Å². The second-order valence-electron chi connectivity index (χ2n) is 7.69. The van der Waals surface area contributed by atoms with E-state index in [2.05, 4.69) is 17.4 Å². The normalized spacial score (nSPS) is 17.3. The van der Waals surface area contributed by atoms with Gasteiger partial charge in [-0.25, -0.2) is 8.42 Å². The van der Waals surface area contributed by atoms with Crippen molar-refractivity contribution in [1.82, 2.24) is 5.32 Å². The fourth-order valence-electron chi connectivity index (χ4n) is 4.08. The molecule has 8 heteroatoms. The molecule has 1 aliphatic carbocycles. The summed E-state index contributed by atoms with van der Waals surface area (Å²) in [6.07, 6.45) is 4.86. The highest BCUT2D eigenvalue weighted by atomic mass is 32.2. The summed E-state index contributed by atoms with van der Waals surface area (Å²) in [6.45, 7) is 0.343. The Labute approximate surface area is 177 Å². The Balaban J connectivity index is 1.37. The van der Waals surface area contributed by atoms with Crippen molar-refractivity contribution in [1.29, 1.82) is 0 Å². The van der Waals surface area contributed by atoms with Gasteiger partial charge in [0.25, 0.3) is 0 Å². The first-order chi connectivity index (χ1) is 14.4. The number of benzene rings is 2. The van der Waals surface area contributed by atoms with Gasteiger partial charge in [-0.2, -0.15) is 0 Å². The van der Waals surface area contributed by atoms with Gasteiger partial charge in [0.2, 0.25) is 22.7 Å². The summed E-state index contributed by atoms with van der Waals surface area (Å²) in [5.41, 5.74) is 2.98. The van der Waals surface area contributed by atoms with Crippen LogP contribution in [0.1, 0.15) is 42.9 Å². The van der Waals surface area contributed by atoms with Crippen LogP contribution >= 0.6 is 0 Å². The number of nitrogens with one attached hydrogen (secondary N) is 1. The first kappa shape index (κ1) is 20.5. The number of carbonyl (C=O) groups is 1. The zero-order valence-corrected chi connectivity index (χ0v) is 17.8. The summed E-state index contributed by atoms with van der Waals surface area (Å²) >= 11 is 0. The summed E-state index contributed by atoms with van der Waals surface area (Å²) < 4.78 is 36.6. The molecule has 0 bridgehead atoms. The summed E-state index contributed by atoms with van der Waals surface area (Å²) in [7, 11) is -3.50. The molecular formula is C22H26N2O5S. The minimum absolute atomic E-state index is 0.0299. The maximum absolute atomic E-state index is 12.5. The summed E-state index contributed by atoms with van der Waals surface area (Å²) in [6, 6.07) is 13.3. The van der Waals surface area contributed by atoms with Crippen molar-refractivity contribution in [3.8, 4) is 11.5 Å². The highest BCUT2D eigenvalue weighted by Crippen LogP contribution is 2.36. The number of hydrogen-bond donors (Lipinski definition) is 1. The molecule has 2 aliphatic rings. The first-order valence-electron chi connectivity index (χ1n) is 10.2. The smallest absolute Gasteiger partial charge is 0.232 e. The van der Waals surface area contributed by atoms with Crippen LogP contribution in [0, 0.1) is 0 Å². The molecule has 160 valence electrons. The third-order valence-electron chi connectivity index (χ3n) is 5.51. The molecule has 0 saturated carbocycles. The Morgan fingerprint density at radius 1 is 1.17 bits per heavy atom. The molecule has 1 heterocycles. The second-order valence-corrected chi connectivity index (χ2v) is 9.59. The van der Waals surface area contributed by atoms with Crippen molar-refractivity contribution in [2.75, 3.05) is 23.9 Å². The zero-order valence-electron chi connectivity index (χ0n) is 17.0. The molecule has 0 aromatic heterocycles. The van der Waals surface area contributed by atoms with E-state index in [1.165, 1.54) is 15.4 Å². The Morgan fingerprint density at radius 3 is 2.80 bits per heavy atom. The third-order valence-corrected chi connectivity index (χ3v) is 6.71. The number of rotatable bonds is 7. The number of anilines is 1. The van der Waals surface area contributed by atoms with E-state index >= 15 is 0 Å². The van der Waals surface area contributed by atoms with Gasteiger partial charge in [-0.3, -0.25) is 9.10 Å². The van der Waals surface area contributed by atoms with Crippen LogP contribution in [0.3, 0.4) is 0 Å². The molecule has 0 unspecified atom stereocenters.